The third-order valence-corrected chi connectivity index (χ3v) is 3.73. The van der Waals surface area contributed by atoms with Crippen LogP contribution in [0.15, 0.2) is 24.3 Å². The number of hydrogen-bond acceptors (Lipinski definition) is 3. The molecule has 1 aliphatic heterocycles. The van der Waals surface area contributed by atoms with Crippen molar-refractivity contribution < 1.29 is 10.2 Å². The Labute approximate surface area is 107 Å². The van der Waals surface area contributed by atoms with E-state index in [1.54, 1.807) is 6.07 Å². The molecule has 0 amide bonds. The molecule has 2 N–H and O–H groups in total. The smallest absolute Gasteiger partial charge is 0.0931 e. The standard InChI is InChI=1S/C13H18ClNO2/c14-12-6-2-1-5-11(12)13(17)8-15-7-3-4-10(15)9-16/h1-2,5-6,10,13,16-17H,3-4,7-9H2/t10-,13?/m1/s1. The Bertz CT molecular complexity index is 372. The van der Waals surface area contributed by atoms with Crippen LogP contribution in [0.4, 0.5) is 0 Å². The number of likely N-dealkylation sites (tertiary alicyclic amines) is 1. The summed E-state index contributed by atoms with van der Waals surface area (Å²) in [6, 6.07) is 7.54. The molecule has 0 radical (unpaired) electrons. The lowest BCUT2D eigenvalue weighted by atomic mass is 10.1. The Morgan fingerprint density at radius 2 is 2.18 bits per heavy atom. The zero-order chi connectivity index (χ0) is 12.3. The Morgan fingerprint density at radius 3 is 2.88 bits per heavy atom. The van der Waals surface area contributed by atoms with Crippen molar-refractivity contribution in [2.24, 2.45) is 0 Å². The number of rotatable bonds is 4. The summed E-state index contributed by atoms with van der Waals surface area (Å²) in [6.07, 6.45) is 1.50. The molecule has 1 unspecified atom stereocenters. The number of β-amino-alcohol motifs (C(OH)–C–C–N with tert-alkyl or cyclic N) is 1. The van der Waals surface area contributed by atoms with E-state index in [1.807, 2.05) is 18.2 Å². The topological polar surface area (TPSA) is 43.7 Å². The minimum Gasteiger partial charge on any atom is -0.395 e. The van der Waals surface area contributed by atoms with E-state index >= 15 is 0 Å². The van der Waals surface area contributed by atoms with Gasteiger partial charge in [-0.1, -0.05) is 29.8 Å². The van der Waals surface area contributed by atoms with E-state index in [4.69, 9.17) is 11.6 Å². The maximum Gasteiger partial charge on any atom is 0.0931 e. The predicted molar refractivity (Wildman–Crippen MR) is 68.1 cm³/mol. The highest BCUT2D eigenvalue weighted by atomic mass is 35.5. The number of benzene rings is 1. The number of hydrogen-bond donors (Lipinski definition) is 2. The first-order valence-corrected chi connectivity index (χ1v) is 6.37. The van der Waals surface area contributed by atoms with E-state index in [1.165, 1.54) is 0 Å². The lowest BCUT2D eigenvalue weighted by Crippen LogP contribution is -2.35. The Hall–Kier alpha value is -0.610. The minimum atomic E-state index is -0.587. The molecule has 1 aromatic rings. The van der Waals surface area contributed by atoms with Gasteiger partial charge >= 0.3 is 0 Å². The first-order chi connectivity index (χ1) is 8.22. The van der Waals surface area contributed by atoms with Gasteiger partial charge in [0.25, 0.3) is 0 Å². The minimum absolute atomic E-state index is 0.162. The highest BCUT2D eigenvalue weighted by molar-refractivity contribution is 6.31. The second kappa shape index (κ2) is 5.83. The van der Waals surface area contributed by atoms with Gasteiger partial charge in [-0.05, 0) is 25.5 Å². The third-order valence-electron chi connectivity index (χ3n) is 3.38. The summed E-state index contributed by atoms with van der Waals surface area (Å²) in [5.41, 5.74) is 0.762. The lowest BCUT2D eigenvalue weighted by molar-refractivity contribution is 0.0851. The molecule has 2 atom stereocenters. The van der Waals surface area contributed by atoms with Crippen molar-refractivity contribution in [3.05, 3.63) is 34.9 Å². The summed E-state index contributed by atoms with van der Waals surface area (Å²) in [7, 11) is 0. The highest BCUT2D eigenvalue weighted by Gasteiger charge is 2.26. The quantitative estimate of drug-likeness (QED) is 0.863. The molecule has 1 fully saturated rings. The van der Waals surface area contributed by atoms with Gasteiger partial charge in [0.2, 0.25) is 0 Å². The van der Waals surface area contributed by atoms with E-state index in [0.717, 1.165) is 24.9 Å². The van der Waals surface area contributed by atoms with E-state index in [0.29, 0.717) is 11.6 Å². The fourth-order valence-electron chi connectivity index (χ4n) is 2.41. The molecule has 4 heteroatoms. The van der Waals surface area contributed by atoms with Gasteiger partial charge in [-0.3, -0.25) is 4.90 Å². The molecule has 1 saturated heterocycles. The van der Waals surface area contributed by atoms with Crippen molar-refractivity contribution in [1.82, 2.24) is 4.90 Å². The zero-order valence-electron chi connectivity index (χ0n) is 9.72. The highest BCUT2D eigenvalue weighted by Crippen LogP contribution is 2.26. The van der Waals surface area contributed by atoms with Gasteiger partial charge in [-0.25, -0.2) is 0 Å². The van der Waals surface area contributed by atoms with Crippen molar-refractivity contribution in [2.75, 3.05) is 19.7 Å². The Morgan fingerprint density at radius 1 is 1.41 bits per heavy atom. The summed E-state index contributed by atoms with van der Waals surface area (Å²) >= 11 is 6.05. The van der Waals surface area contributed by atoms with Gasteiger partial charge in [0, 0.05) is 23.2 Å². The molecule has 0 aromatic heterocycles. The fraction of sp³-hybridized carbons (Fsp3) is 0.538. The van der Waals surface area contributed by atoms with E-state index in [-0.39, 0.29) is 12.6 Å². The Balaban J connectivity index is 2.01. The molecule has 1 aromatic carbocycles. The fourth-order valence-corrected chi connectivity index (χ4v) is 2.67. The van der Waals surface area contributed by atoms with Crippen LogP contribution in [0.5, 0.6) is 0 Å². The molecule has 94 valence electrons. The number of halogens is 1. The predicted octanol–water partition coefficient (Wildman–Crippen LogP) is 1.83. The van der Waals surface area contributed by atoms with Crippen LogP contribution in [-0.4, -0.2) is 40.9 Å². The van der Waals surface area contributed by atoms with Crippen molar-refractivity contribution in [3.8, 4) is 0 Å². The molecular formula is C13H18ClNO2. The van der Waals surface area contributed by atoms with Crippen LogP contribution >= 0.6 is 11.6 Å². The molecule has 1 aliphatic rings. The largest absolute Gasteiger partial charge is 0.395 e. The summed E-state index contributed by atoms with van der Waals surface area (Å²) in [5, 5.41) is 20.0. The summed E-state index contributed by atoms with van der Waals surface area (Å²) in [5.74, 6) is 0. The zero-order valence-corrected chi connectivity index (χ0v) is 10.5. The SMILES string of the molecule is OC[C@H]1CCCN1CC(O)c1ccccc1Cl. The number of aliphatic hydroxyl groups is 2. The normalized spacial score (nSPS) is 22.9. The number of nitrogens with zero attached hydrogens (tertiary/aromatic N) is 1. The van der Waals surface area contributed by atoms with E-state index in [9.17, 15) is 10.2 Å². The maximum atomic E-state index is 10.2. The van der Waals surface area contributed by atoms with E-state index in [2.05, 4.69) is 4.90 Å². The molecule has 0 bridgehead atoms. The Kier molecular flexibility index (Phi) is 4.40. The average Bonchev–Trinajstić information content (AvgIpc) is 2.76. The van der Waals surface area contributed by atoms with Crippen LogP contribution in [-0.2, 0) is 0 Å². The molecule has 17 heavy (non-hydrogen) atoms. The number of aliphatic hydroxyl groups excluding tert-OH is 2. The van der Waals surface area contributed by atoms with Crippen LogP contribution in [0.1, 0.15) is 24.5 Å². The summed E-state index contributed by atoms with van der Waals surface area (Å²) < 4.78 is 0. The molecule has 0 spiro atoms. The second-order valence-electron chi connectivity index (χ2n) is 4.51. The van der Waals surface area contributed by atoms with Crippen molar-refractivity contribution in [2.45, 2.75) is 25.0 Å². The molecule has 0 aliphatic carbocycles. The van der Waals surface area contributed by atoms with Crippen molar-refractivity contribution >= 4 is 11.6 Å². The van der Waals surface area contributed by atoms with Crippen LogP contribution in [0.2, 0.25) is 5.02 Å². The van der Waals surface area contributed by atoms with Crippen LogP contribution in [0, 0.1) is 0 Å². The van der Waals surface area contributed by atoms with Crippen molar-refractivity contribution in [1.29, 1.82) is 0 Å². The van der Waals surface area contributed by atoms with Gasteiger partial charge < -0.3 is 10.2 Å². The van der Waals surface area contributed by atoms with Crippen LogP contribution < -0.4 is 0 Å². The molecule has 2 rings (SSSR count). The van der Waals surface area contributed by atoms with Crippen LogP contribution in [0.3, 0.4) is 0 Å². The molecule has 3 nitrogen and oxygen atoms in total. The first-order valence-electron chi connectivity index (χ1n) is 5.99. The first kappa shape index (κ1) is 12.8. The van der Waals surface area contributed by atoms with Gasteiger partial charge in [-0.2, -0.15) is 0 Å². The second-order valence-corrected chi connectivity index (χ2v) is 4.92. The van der Waals surface area contributed by atoms with E-state index < -0.39 is 6.10 Å². The maximum absolute atomic E-state index is 10.2. The van der Waals surface area contributed by atoms with Gasteiger partial charge in [-0.15, -0.1) is 0 Å². The van der Waals surface area contributed by atoms with Crippen LogP contribution in [0.25, 0.3) is 0 Å². The summed E-state index contributed by atoms with van der Waals surface area (Å²) in [6.45, 7) is 1.64. The van der Waals surface area contributed by atoms with Gasteiger partial charge in [0.15, 0.2) is 0 Å². The summed E-state index contributed by atoms with van der Waals surface area (Å²) in [4.78, 5) is 2.13. The monoisotopic (exact) mass is 255 g/mol. The van der Waals surface area contributed by atoms with Gasteiger partial charge in [0.05, 0.1) is 12.7 Å². The molecule has 1 heterocycles. The molecule has 0 saturated carbocycles. The van der Waals surface area contributed by atoms with Crippen molar-refractivity contribution in [3.63, 3.8) is 0 Å². The lowest BCUT2D eigenvalue weighted by Gasteiger charge is -2.25. The third kappa shape index (κ3) is 2.99. The van der Waals surface area contributed by atoms with Gasteiger partial charge in [0.1, 0.15) is 0 Å². The average molecular weight is 256 g/mol. The molecular weight excluding hydrogens is 238 g/mol.